The minimum atomic E-state index is -0.447. The SMILES string of the molecule is Cc1ccc(C(=O)NC(=NCc2c(C)nn(C)c2C)Nc2ccc(Br)cc2)cc1F. The van der Waals surface area contributed by atoms with Crippen molar-refractivity contribution < 1.29 is 9.18 Å². The van der Waals surface area contributed by atoms with Crippen LogP contribution in [-0.2, 0) is 13.6 Å². The van der Waals surface area contributed by atoms with Gasteiger partial charge in [0, 0.05) is 34.0 Å². The lowest BCUT2D eigenvalue weighted by atomic mass is 10.1. The van der Waals surface area contributed by atoms with Crippen molar-refractivity contribution in [3.05, 3.63) is 80.8 Å². The van der Waals surface area contributed by atoms with Gasteiger partial charge in [-0.25, -0.2) is 9.38 Å². The van der Waals surface area contributed by atoms with Crippen LogP contribution >= 0.6 is 15.9 Å². The van der Waals surface area contributed by atoms with Gasteiger partial charge in [0.2, 0.25) is 5.96 Å². The van der Waals surface area contributed by atoms with Crippen molar-refractivity contribution in [1.82, 2.24) is 15.1 Å². The zero-order valence-electron chi connectivity index (χ0n) is 17.3. The molecule has 0 unspecified atom stereocenters. The molecule has 1 heterocycles. The maximum atomic E-state index is 13.9. The van der Waals surface area contributed by atoms with E-state index in [9.17, 15) is 9.18 Å². The first-order valence-corrected chi connectivity index (χ1v) is 10.2. The number of halogens is 2. The molecule has 0 spiro atoms. The number of nitrogens with zero attached hydrogens (tertiary/aromatic N) is 3. The Kier molecular flexibility index (Phi) is 6.66. The third-order valence-corrected chi connectivity index (χ3v) is 5.36. The Bertz CT molecular complexity index is 1110. The number of benzene rings is 2. The number of anilines is 1. The maximum absolute atomic E-state index is 13.9. The van der Waals surface area contributed by atoms with E-state index in [4.69, 9.17) is 0 Å². The van der Waals surface area contributed by atoms with Gasteiger partial charge in [-0.2, -0.15) is 5.10 Å². The number of aryl methyl sites for hydroxylation is 3. The molecule has 156 valence electrons. The molecule has 0 bridgehead atoms. The quantitative estimate of drug-likeness (QED) is 0.429. The van der Waals surface area contributed by atoms with Gasteiger partial charge in [-0.05, 0) is 62.7 Å². The largest absolute Gasteiger partial charge is 0.326 e. The van der Waals surface area contributed by atoms with Crippen LogP contribution in [0.15, 0.2) is 51.9 Å². The van der Waals surface area contributed by atoms with Crippen LogP contribution < -0.4 is 10.6 Å². The number of nitrogens with one attached hydrogen (secondary N) is 2. The van der Waals surface area contributed by atoms with Crippen LogP contribution in [0, 0.1) is 26.6 Å². The summed E-state index contributed by atoms with van der Waals surface area (Å²) in [7, 11) is 1.88. The first-order valence-electron chi connectivity index (χ1n) is 9.38. The van der Waals surface area contributed by atoms with Gasteiger partial charge >= 0.3 is 0 Å². The van der Waals surface area contributed by atoms with Crippen molar-refractivity contribution in [2.75, 3.05) is 5.32 Å². The van der Waals surface area contributed by atoms with Crippen molar-refractivity contribution in [2.45, 2.75) is 27.3 Å². The molecule has 0 saturated carbocycles. The molecule has 1 amide bonds. The Labute approximate surface area is 183 Å². The van der Waals surface area contributed by atoms with Crippen LogP contribution in [0.5, 0.6) is 0 Å². The summed E-state index contributed by atoms with van der Waals surface area (Å²) in [5, 5.41) is 10.3. The van der Waals surface area contributed by atoms with Crippen molar-refractivity contribution in [1.29, 1.82) is 0 Å². The average molecular weight is 472 g/mol. The van der Waals surface area contributed by atoms with Crippen molar-refractivity contribution in [3.8, 4) is 0 Å². The van der Waals surface area contributed by atoms with E-state index < -0.39 is 11.7 Å². The van der Waals surface area contributed by atoms with E-state index in [1.807, 2.05) is 45.2 Å². The molecule has 2 N–H and O–H groups in total. The van der Waals surface area contributed by atoms with E-state index in [0.29, 0.717) is 12.1 Å². The number of rotatable bonds is 4. The van der Waals surface area contributed by atoms with Gasteiger partial charge in [-0.15, -0.1) is 0 Å². The standard InChI is InChI=1S/C22H23BrFN5O/c1-13-5-6-16(11-20(13)24)21(30)27-22(26-18-9-7-17(23)8-10-18)25-12-19-14(2)28-29(4)15(19)3/h5-11H,12H2,1-4H3,(H2,25,26,27,30). The molecule has 0 radical (unpaired) electrons. The second-order valence-electron chi connectivity index (χ2n) is 6.99. The van der Waals surface area contributed by atoms with Gasteiger partial charge in [-0.1, -0.05) is 22.0 Å². The van der Waals surface area contributed by atoms with Crippen molar-refractivity contribution >= 4 is 33.5 Å². The fourth-order valence-electron chi connectivity index (χ4n) is 2.90. The molecule has 8 heteroatoms. The predicted octanol–water partition coefficient (Wildman–Crippen LogP) is 4.65. The zero-order valence-corrected chi connectivity index (χ0v) is 18.8. The van der Waals surface area contributed by atoms with E-state index in [1.165, 1.54) is 6.07 Å². The molecular formula is C22H23BrFN5O. The lowest BCUT2D eigenvalue weighted by Gasteiger charge is -2.12. The fourth-order valence-corrected chi connectivity index (χ4v) is 3.16. The highest BCUT2D eigenvalue weighted by Crippen LogP contribution is 2.16. The number of hydrogen-bond acceptors (Lipinski definition) is 3. The van der Waals surface area contributed by atoms with E-state index in [2.05, 4.69) is 36.7 Å². The van der Waals surface area contributed by atoms with Crippen LogP contribution in [0.25, 0.3) is 0 Å². The highest BCUT2D eigenvalue weighted by Gasteiger charge is 2.13. The number of hydrogen-bond donors (Lipinski definition) is 2. The average Bonchev–Trinajstić information content (AvgIpc) is 2.95. The van der Waals surface area contributed by atoms with Crippen molar-refractivity contribution in [2.24, 2.45) is 12.0 Å². The Morgan fingerprint density at radius 1 is 1.17 bits per heavy atom. The summed E-state index contributed by atoms with van der Waals surface area (Å²) in [6.07, 6.45) is 0. The van der Waals surface area contributed by atoms with E-state index in [0.717, 1.165) is 27.1 Å². The van der Waals surface area contributed by atoms with E-state index in [-0.39, 0.29) is 11.5 Å². The Morgan fingerprint density at radius 2 is 1.87 bits per heavy atom. The summed E-state index contributed by atoms with van der Waals surface area (Å²) < 4.78 is 16.6. The van der Waals surface area contributed by atoms with Gasteiger partial charge < -0.3 is 5.32 Å². The molecule has 0 saturated heterocycles. The monoisotopic (exact) mass is 471 g/mol. The molecule has 30 heavy (non-hydrogen) atoms. The lowest BCUT2D eigenvalue weighted by Crippen LogP contribution is -2.36. The zero-order chi connectivity index (χ0) is 21.8. The first-order chi connectivity index (χ1) is 14.2. The summed E-state index contributed by atoms with van der Waals surface area (Å²) in [5.41, 5.74) is 4.34. The number of aromatic nitrogens is 2. The molecule has 0 aliphatic carbocycles. The third-order valence-electron chi connectivity index (χ3n) is 4.83. The summed E-state index contributed by atoms with van der Waals surface area (Å²) >= 11 is 3.40. The normalized spacial score (nSPS) is 11.5. The summed E-state index contributed by atoms with van der Waals surface area (Å²) in [6, 6.07) is 11.9. The summed E-state index contributed by atoms with van der Waals surface area (Å²) in [4.78, 5) is 17.3. The number of carbonyl (C=O) groups excluding carboxylic acids is 1. The smallest absolute Gasteiger partial charge is 0.258 e. The van der Waals surface area contributed by atoms with Crippen LogP contribution in [0.4, 0.5) is 10.1 Å². The molecule has 0 aliphatic rings. The second kappa shape index (κ2) is 9.21. The summed E-state index contributed by atoms with van der Waals surface area (Å²) in [5.74, 6) is -0.605. The van der Waals surface area contributed by atoms with Crippen LogP contribution in [0.2, 0.25) is 0 Å². The molecule has 0 aliphatic heterocycles. The lowest BCUT2D eigenvalue weighted by molar-refractivity contribution is 0.0976. The van der Waals surface area contributed by atoms with Gasteiger partial charge in [-0.3, -0.25) is 14.8 Å². The number of aliphatic imine (C=N–C) groups is 1. The molecule has 0 atom stereocenters. The molecule has 6 nitrogen and oxygen atoms in total. The number of guanidine groups is 1. The van der Waals surface area contributed by atoms with Crippen LogP contribution in [0.3, 0.4) is 0 Å². The molecular weight excluding hydrogens is 449 g/mol. The maximum Gasteiger partial charge on any atom is 0.258 e. The fraction of sp³-hybridized carbons (Fsp3) is 0.227. The Balaban J connectivity index is 1.86. The van der Waals surface area contributed by atoms with Gasteiger partial charge in [0.25, 0.3) is 5.91 Å². The topological polar surface area (TPSA) is 71.3 Å². The molecule has 2 aromatic carbocycles. The molecule has 0 fully saturated rings. The van der Waals surface area contributed by atoms with Gasteiger partial charge in [0.05, 0.1) is 12.2 Å². The van der Waals surface area contributed by atoms with Crippen molar-refractivity contribution in [3.63, 3.8) is 0 Å². The highest BCUT2D eigenvalue weighted by atomic mass is 79.9. The minimum absolute atomic E-state index is 0.220. The predicted molar refractivity (Wildman–Crippen MR) is 120 cm³/mol. The first kappa shape index (κ1) is 21.7. The molecule has 3 rings (SSSR count). The number of carbonyl (C=O) groups is 1. The highest BCUT2D eigenvalue weighted by molar-refractivity contribution is 9.10. The van der Waals surface area contributed by atoms with Crippen LogP contribution in [0.1, 0.15) is 32.9 Å². The van der Waals surface area contributed by atoms with Gasteiger partial charge in [0.1, 0.15) is 5.82 Å². The second-order valence-corrected chi connectivity index (χ2v) is 7.90. The molecule has 1 aromatic heterocycles. The van der Waals surface area contributed by atoms with E-state index in [1.54, 1.807) is 23.7 Å². The minimum Gasteiger partial charge on any atom is -0.326 e. The van der Waals surface area contributed by atoms with Crippen LogP contribution in [-0.4, -0.2) is 21.6 Å². The van der Waals surface area contributed by atoms with E-state index >= 15 is 0 Å². The van der Waals surface area contributed by atoms with Gasteiger partial charge in [0.15, 0.2) is 0 Å². The number of amides is 1. The Morgan fingerprint density at radius 3 is 2.47 bits per heavy atom. The molecule has 3 aromatic rings. The third kappa shape index (κ3) is 5.13. The Hall–Kier alpha value is -3.00. The summed E-state index contributed by atoms with van der Waals surface area (Å²) in [6.45, 7) is 5.89.